The number of fused-ring (bicyclic) bond motifs is 1. The summed E-state index contributed by atoms with van der Waals surface area (Å²) in [6, 6.07) is 17.7. The van der Waals surface area contributed by atoms with E-state index in [9.17, 15) is 9.59 Å². The van der Waals surface area contributed by atoms with Crippen LogP contribution in [0.5, 0.6) is 0 Å². The molecule has 4 aromatic rings. The molecule has 0 spiro atoms. The maximum Gasteiger partial charge on any atom is 0.262 e. The maximum atomic E-state index is 12.7. The zero-order valence-corrected chi connectivity index (χ0v) is 18.2. The summed E-state index contributed by atoms with van der Waals surface area (Å²) >= 11 is 1.22. The lowest BCUT2D eigenvalue weighted by Crippen LogP contribution is -2.31. The summed E-state index contributed by atoms with van der Waals surface area (Å²) in [6.45, 7) is 5.13. The number of aromatic amines is 1. The Hall–Kier alpha value is -3.39. The Morgan fingerprint density at radius 1 is 1.13 bits per heavy atom. The molecule has 7 nitrogen and oxygen atoms in total. The summed E-state index contributed by atoms with van der Waals surface area (Å²) in [5, 5.41) is 5.14. The van der Waals surface area contributed by atoms with Gasteiger partial charge in [-0.2, -0.15) is 5.10 Å². The highest BCUT2D eigenvalue weighted by Crippen LogP contribution is 2.19. The van der Waals surface area contributed by atoms with Crippen molar-refractivity contribution in [2.45, 2.75) is 25.5 Å². The highest BCUT2D eigenvalue weighted by atomic mass is 32.2. The number of carbonyl (C=O) groups is 1. The quantitative estimate of drug-likeness (QED) is 0.356. The van der Waals surface area contributed by atoms with E-state index in [1.54, 1.807) is 9.58 Å². The average Bonchev–Trinajstić information content (AvgIpc) is 3.21. The molecule has 0 saturated heterocycles. The lowest BCUT2D eigenvalue weighted by Gasteiger charge is -2.20. The first-order chi connectivity index (χ1) is 15.0. The van der Waals surface area contributed by atoms with Gasteiger partial charge < -0.3 is 9.88 Å². The highest BCUT2D eigenvalue weighted by molar-refractivity contribution is 7.99. The highest BCUT2D eigenvalue weighted by Gasteiger charge is 2.16. The summed E-state index contributed by atoms with van der Waals surface area (Å²) in [5.41, 5.74) is 3.24. The van der Waals surface area contributed by atoms with Gasteiger partial charge >= 0.3 is 0 Å². The third kappa shape index (κ3) is 4.69. The van der Waals surface area contributed by atoms with E-state index in [4.69, 9.17) is 0 Å². The number of amides is 1. The molecule has 0 aliphatic rings. The van der Waals surface area contributed by atoms with Crippen LogP contribution in [0.25, 0.3) is 16.7 Å². The zero-order valence-electron chi connectivity index (χ0n) is 17.4. The van der Waals surface area contributed by atoms with Crippen molar-refractivity contribution < 1.29 is 4.79 Å². The first-order valence-corrected chi connectivity index (χ1v) is 11.0. The molecule has 0 aliphatic heterocycles. The number of thioether (sulfide) groups is 1. The van der Waals surface area contributed by atoms with Crippen LogP contribution in [-0.2, 0) is 11.3 Å². The zero-order chi connectivity index (χ0) is 21.8. The van der Waals surface area contributed by atoms with E-state index < -0.39 is 0 Å². The lowest BCUT2D eigenvalue weighted by atomic mass is 10.2. The van der Waals surface area contributed by atoms with Crippen molar-refractivity contribution in [3.63, 3.8) is 0 Å². The predicted octanol–water partition coefficient (Wildman–Crippen LogP) is 3.56. The minimum Gasteiger partial charge on any atom is -0.338 e. The molecule has 0 aliphatic carbocycles. The number of rotatable bonds is 7. The summed E-state index contributed by atoms with van der Waals surface area (Å²) in [7, 11) is 0. The van der Waals surface area contributed by atoms with Crippen LogP contribution >= 0.6 is 11.8 Å². The average molecular weight is 434 g/mol. The Bertz CT molecular complexity index is 1250. The molecule has 0 bridgehead atoms. The number of nitrogens with zero attached hydrogens (tertiary/aromatic N) is 4. The van der Waals surface area contributed by atoms with E-state index in [2.05, 4.69) is 15.1 Å². The van der Waals surface area contributed by atoms with E-state index in [-0.39, 0.29) is 17.2 Å². The second-order valence-electron chi connectivity index (χ2n) is 7.18. The molecule has 0 atom stereocenters. The van der Waals surface area contributed by atoms with Gasteiger partial charge in [0, 0.05) is 13.1 Å². The number of H-pyrrole nitrogens is 1. The fourth-order valence-corrected chi connectivity index (χ4v) is 4.00. The maximum absolute atomic E-state index is 12.7. The van der Waals surface area contributed by atoms with Gasteiger partial charge in [0.25, 0.3) is 5.56 Å². The largest absolute Gasteiger partial charge is 0.338 e. The third-order valence-electron chi connectivity index (χ3n) is 4.98. The monoisotopic (exact) mass is 433 g/mol. The van der Waals surface area contributed by atoms with E-state index in [1.807, 2.05) is 68.4 Å². The Morgan fingerprint density at radius 3 is 2.58 bits per heavy atom. The smallest absolute Gasteiger partial charge is 0.262 e. The van der Waals surface area contributed by atoms with Gasteiger partial charge in [0.1, 0.15) is 5.39 Å². The van der Waals surface area contributed by atoms with Gasteiger partial charge in [0.15, 0.2) is 10.8 Å². The molecule has 0 unspecified atom stereocenters. The number of carbonyl (C=O) groups excluding carboxylic acids is 1. The van der Waals surface area contributed by atoms with Crippen molar-refractivity contribution in [1.82, 2.24) is 24.6 Å². The summed E-state index contributed by atoms with van der Waals surface area (Å²) in [4.78, 5) is 34.4. The van der Waals surface area contributed by atoms with Crippen LogP contribution in [0, 0.1) is 6.92 Å². The van der Waals surface area contributed by atoms with Crippen molar-refractivity contribution >= 4 is 28.7 Å². The Morgan fingerprint density at radius 2 is 1.87 bits per heavy atom. The number of nitrogens with one attached hydrogen (secondary N) is 1. The van der Waals surface area contributed by atoms with Gasteiger partial charge in [0.2, 0.25) is 5.91 Å². The van der Waals surface area contributed by atoms with Crippen LogP contribution in [0.15, 0.2) is 70.7 Å². The minimum absolute atomic E-state index is 0.00820. The van der Waals surface area contributed by atoms with E-state index in [0.29, 0.717) is 29.3 Å². The molecule has 0 saturated carbocycles. The molecule has 2 aromatic heterocycles. The number of hydrogen-bond donors (Lipinski definition) is 1. The molecule has 8 heteroatoms. The number of hydrogen-bond acceptors (Lipinski definition) is 5. The van der Waals surface area contributed by atoms with Crippen LogP contribution in [0.2, 0.25) is 0 Å². The number of aryl methyl sites for hydroxylation is 1. The van der Waals surface area contributed by atoms with Gasteiger partial charge in [-0.1, -0.05) is 59.8 Å². The minimum atomic E-state index is -0.269. The van der Waals surface area contributed by atoms with Crippen LogP contribution in [0.1, 0.15) is 18.1 Å². The Kier molecular flexibility index (Phi) is 6.18. The molecule has 158 valence electrons. The van der Waals surface area contributed by atoms with Crippen LogP contribution < -0.4 is 5.56 Å². The van der Waals surface area contributed by atoms with Crippen LogP contribution in [-0.4, -0.2) is 42.9 Å². The molecule has 1 N–H and O–H groups in total. The van der Waals surface area contributed by atoms with Gasteiger partial charge in [-0.25, -0.2) is 9.67 Å². The SMILES string of the molecule is CCN(Cc1ccccc1)C(=O)CSc1nc2c(cnn2-c2ccc(C)cc2)c(=O)[nH]1. The lowest BCUT2D eigenvalue weighted by molar-refractivity contribution is -0.128. The Labute approximate surface area is 184 Å². The fourth-order valence-electron chi connectivity index (χ4n) is 3.24. The van der Waals surface area contributed by atoms with Crippen molar-refractivity contribution in [3.05, 3.63) is 82.3 Å². The topological polar surface area (TPSA) is 83.9 Å². The molecular formula is C23H23N5O2S. The van der Waals surface area contributed by atoms with Crippen molar-refractivity contribution in [3.8, 4) is 5.69 Å². The van der Waals surface area contributed by atoms with E-state index >= 15 is 0 Å². The number of aromatic nitrogens is 4. The van der Waals surface area contributed by atoms with Crippen LogP contribution in [0.3, 0.4) is 0 Å². The summed E-state index contributed by atoms with van der Waals surface area (Å²) < 4.78 is 1.64. The van der Waals surface area contributed by atoms with Gasteiger partial charge in [-0.3, -0.25) is 9.59 Å². The van der Waals surface area contributed by atoms with Gasteiger partial charge in [-0.15, -0.1) is 0 Å². The molecule has 0 fully saturated rings. The van der Waals surface area contributed by atoms with Crippen LogP contribution in [0.4, 0.5) is 0 Å². The molecule has 0 radical (unpaired) electrons. The predicted molar refractivity (Wildman–Crippen MR) is 122 cm³/mol. The molecule has 4 rings (SSSR count). The van der Waals surface area contributed by atoms with Crippen molar-refractivity contribution in [1.29, 1.82) is 0 Å². The van der Waals surface area contributed by atoms with E-state index in [0.717, 1.165) is 16.8 Å². The first-order valence-electron chi connectivity index (χ1n) is 10.0. The van der Waals surface area contributed by atoms with Gasteiger partial charge in [-0.05, 0) is 31.5 Å². The standard InChI is InChI=1S/C23H23N5O2S/c1-3-27(14-17-7-5-4-6-8-17)20(29)15-31-23-25-21-19(22(30)26-23)13-24-28(21)18-11-9-16(2)10-12-18/h4-13H,3,14-15H2,1-2H3,(H,25,26,30). The summed E-state index contributed by atoms with van der Waals surface area (Å²) in [6.07, 6.45) is 1.51. The second kappa shape index (κ2) is 9.18. The molecule has 2 aromatic carbocycles. The number of benzene rings is 2. The molecule has 1 amide bonds. The first kappa shape index (κ1) is 20.9. The van der Waals surface area contributed by atoms with Crippen molar-refractivity contribution in [2.24, 2.45) is 0 Å². The molecule has 2 heterocycles. The fraction of sp³-hybridized carbons (Fsp3) is 0.217. The molecule has 31 heavy (non-hydrogen) atoms. The molecular weight excluding hydrogens is 410 g/mol. The second-order valence-corrected chi connectivity index (χ2v) is 8.15. The normalized spacial score (nSPS) is 11.0. The van der Waals surface area contributed by atoms with Gasteiger partial charge in [0.05, 0.1) is 17.6 Å². The Balaban J connectivity index is 1.53. The summed E-state index contributed by atoms with van der Waals surface area (Å²) in [5.74, 6) is 0.180. The van der Waals surface area contributed by atoms with E-state index in [1.165, 1.54) is 18.0 Å². The van der Waals surface area contributed by atoms with Crippen molar-refractivity contribution in [2.75, 3.05) is 12.3 Å². The third-order valence-corrected chi connectivity index (χ3v) is 5.84.